The van der Waals surface area contributed by atoms with Crippen LogP contribution in [0.15, 0.2) is 60.7 Å². The number of hydrogen-bond acceptors (Lipinski definition) is 7. The SMILES string of the molecule is CC1O[C@@H](OC(=N)C(Cl)(Cl)Cl)[C@@H](OC(=O)c2ccccc2)CC[C@H]1OC(=O)c1ccccc1. The molecule has 0 aliphatic carbocycles. The zero-order valence-corrected chi connectivity index (χ0v) is 19.8. The van der Waals surface area contributed by atoms with Gasteiger partial charge in [0, 0.05) is 0 Å². The molecule has 1 heterocycles. The van der Waals surface area contributed by atoms with Gasteiger partial charge >= 0.3 is 11.9 Å². The van der Waals surface area contributed by atoms with E-state index in [4.69, 9.17) is 59.2 Å². The first kappa shape index (κ1) is 25.3. The Morgan fingerprint density at radius 3 is 1.79 bits per heavy atom. The third kappa shape index (κ3) is 7.08. The summed E-state index contributed by atoms with van der Waals surface area (Å²) in [7, 11) is 0. The normalized spacial score (nSPS) is 23.2. The van der Waals surface area contributed by atoms with Crippen LogP contribution in [0.3, 0.4) is 0 Å². The van der Waals surface area contributed by atoms with Crippen LogP contribution in [-0.4, -0.2) is 46.2 Å². The molecule has 0 saturated carbocycles. The fourth-order valence-electron chi connectivity index (χ4n) is 3.20. The van der Waals surface area contributed by atoms with Crippen molar-refractivity contribution in [2.24, 2.45) is 0 Å². The van der Waals surface area contributed by atoms with Gasteiger partial charge in [0.05, 0.1) is 17.2 Å². The van der Waals surface area contributed by atoms with Crippen molar-refractivity contribution in [3.63, 3.8) is 0 Å². The zero-order chi connectivity index (χ0) is 24.0. The van der Waals surface area contributed by atoms with E-state index in [2.05, 4.69) is 0 Å². The van der Waals surface area contributed by atoms with E-state index in [9.17, 15) is 9.59 Å². The first-order valence-electron chi connectivity index (χ1n) is 10.1. The maximum atomic E-state index is 12.6. The molecule has 7 nitrogen and oxygen atoms in total. The van der Waals surface area contributed by atoms with Crippen molar-refractivity contribution in [3.8, 4) is 0 Å². The maximum absolute atomic E-state index is 12.6. The van der Waals surface area contributed by atoms with Crippen LogP contribution in [0.25, 0.3) is 0 Å². The average molecular weight is 515 g/mol. The fourth-order valence-corrected chi connectivity index (χ4v) is 3.34. The molecule has 33 heavy (non-hydrogen) atoms. The third-order valence-corrected chi connectivity index (χ3v) is 5.45. The number of rotatable bonds is 5. The number of halogens is 3. The molecule has 10 heteroatoms. The number of ether oxygens (including phenoxy) is 4. The molecule has 2 aromatic rings. The monoisotopic (exact) mass is 513 g/mol. The maximum Gasteiger partial charge on any atom is 0.338 e. The summed E-state index contributed by atoms with van der Waals surface area (Å²) < 4.78 is 20.4. The lowest BCUT2D eigenvalue weighted by Crippen LogP contribution is -2.41. The average Bonchev–Trinajstić information content (AvgIpc) is 2.93. The van der Waals surface area contributed by atoms with Crippen LogP contribution < -0.4 is 0 Å². The second-order valence-corrected chi connectivity index (χ2v) is 9.63. The largest absolute Gasteiger partial charge is 0.456 e. The topological polar surface area (TPSA) is 94.9 Å². The molecule has 1 unspecified atom stereocenters. The standard InChI is InChI=1S/C23H22Cl3NO6/c1-14-17(31-19(28)15-8-4-2-5-9-15)12-13-18(21(30-14)33-22(27)23(24,25)26)32-20(29)16-10-6-3-7-11-16/h2-11,14,17-18,21,27H,12-13H2,1H3/t14?,17-,18+,21+/m1/s1. The molecule has 1 fully saturated rings. The Morgan fingerprint density at radius 2 is 1.30 bits per heavy atom. The van der Waals surface area contributed by atoms with Crippen molar-refractivity contribution < 1.29 is 28.5 Å². The van der Waals surface area contributed by atoms with Crippen LogP contribution in [0.5, 0.6) is 0 Å². The number of nitrogens with one attached hydrogen (secondary N) is 1. The Hall–Kier alpha value is -2.32. The number of carbonyl (C=O) groups is 2. The highest BCUT2D eigenvalue weighted by atomic mass is 35.6. The molecule has 1 aliphatic rings. The lowest BCUT2D eigenvalue weighted by molar-refractivity contribution is -0.181. The van der Waals surface area contributed by atoms with Gasteiger partial charge in [-0.25, -0.2) is 9.59 Å². The molecule has 1 N–H and O–H groups in total. The molecule has 176 valence electrons. The van der Waals surface area contributed by atoms with Gasteiger partial charge < -0.3 is 18.9 Å². The first-order valence-corrected chi connectivity index (χ1v) is 11.3. The summed E-state index contributed by atoms with van der Waals surface area (Å²) in [5, 5.41) is 7.90. The van der Waals surface area contributed by atoms with Crippen LogP contribution >= 0.6 is 34.8 Å². The van der Waals surface area contributed by atoms with Crippen molar-refractivity contribution in [2.75, 3.05) is 0 Å². The van der Waals surface area contributed by atoms with E-state index < -0.39 is 46.2 Å². The van der Waals surface area contributed by atoms with Crippen molar-refractivity contribution in [1.29, 1.82) is 5.41 Å². The summed E-state index contributed by atoms with van der Waals surface area (Å²) >= 11 is 17.2. The Bertz CT molecular complexity index is 967. The lowest BCUT2D eigenvalue weighted by atomic mass is 10.1. The van der Waals surface area contributed by atoms with Gasteiger partial charge in [0.25, 0.3) is 3.79 Å². The molecule has 1 aliphatic heterocycles. The summed E-state index contributed by atoms with van der Waals surface area (Å²) in [6.45, 7) is 1.68. The number of esters is 2. The van der Waals surface area contributed by atoms with Gasteiger partial charge in [-0.05, 0) is 44.0 Å². The molecule has 0 spiro atoms. The number of hydrogen-bond donors (Lipinski definition) is 1. The summed E-state index contributed by atoms with van der Waals surface area (Å²) in [6, 6.07) is 16.9. The minimum atomic E-state index is -2.13. The Labute approximate surface area is 206 Å². The molecule has 0 radical (unpaired) electrons. The summed E-state index contributed by atoms with van der Waals surface area (Å²) in [5.74, 6) is -1.81. The summed E-state index contributed by atoms with van der Waals surface area (Å²) in [4.78, 5) is 25.2. The second kappa shape index (κ2) is 11.2. The molecule has 0 bridgehead atoms. The number of alkyl halides is 3. The highest BCUT2D eigenvalue weighted by Gasteiger charge is 2.41. The van der Waals surface area contributed by atoms with Gasteiger partial charge in [-0.2, -0.15) is 0 Å². The van der Waals surface area contributed by atoms with Crippen molar-refractivity contribution >= 4 is 52.6 Å². The quantitative estimate of drug-likeness (QED) is 0.251. The van der Waals surface area contributed by atoms with Crippen molar-refractivity contribution in [1.82, 2.24) is 0 Å². The van der Waals surface area contributed by atoms with Crippen LogP contribution in [0.2, 0.25) is 0 Å². The molecular formula is C23H22Cl3NO6. The van der Waals surface area contributed by atoms with Crippen LogP contribution in [0.4, 0.5) is 0 Å². The van der Waals surface area contributed by atoms with Gasteiger partial charge in [0.1, 0.15) is 6.10 Å². The van der Waals surface area contributed by atoms with E-state index in [1.807, 2.05) is 0 Å². The smallest absolute Gasteiger partial charge is 0.338 e. The van der Waals surface area contributed by atoms with Gasteiger partial charge in [-0.15, -0.1) is 0 Å². The van der Waals surface area contributed by atoms with Crippen LogP contribution in [0, 0.1) is 5.41 Å². The predicted octanol–water partition coefficient (Wildman–Crippen LogP) is 5.33. The molecule has 0 aromatic heterocycles. The van der Waals surface area contributed by atoms with E-state index >= 15 is 0 Å². The summed E-state index contributed by atoms with van der Waals surface area (Å²) in [5.41, 5.74) is 0.726. The Balaban J connectivity index is 1.76. The summed E-state index contributed by atoms with van der Waals surface area (Å²) in [6.07, 6.45) is -3.00. The van der Waals surface area contributed by atoms with Crippen LogP contribution in [-0.2, 0) is 18.9 Å². The fraction of sp³-hybridized carbons (Fsp3) is 0.348. The van der Waals surface area contributed by atoms with E-state index in [1.165, 1.54) is 0 Å². The first-order chi connectivity index (χ1) is 15.6. The lowest BCUT2D eigenvalue weighted by Gasteiger charge is -2.29. The van der Waals surface area contributed by atoms with Gasteiger partial charge in [0.2, 0.25) is 12.2 Å². The Kier molecular flexibility index (Phi) is 8.59. The minimum Gasteiger partial charge on any atom is -0.456 e. The van der Waals surface area contributed by atoms with E-state index in [0.29, 0.717) is 17.5 Å². The zero-order valence-electron chi connectivity index (χ0n) is 17.6. The molecule has 2 aromatic carbocycles. The molecule has 3 rings (SSSR count). The number of carbonyl (C=O) groups excluding carboxylic acids is 2. The van der Waals surface area contributed by atoms with E-state index in [0.717, 1.165) is 0 Å². The van der Waals surface area contributed by atoms with Crippen LogP contribution in [0.1, 0.15) is 40.5 Å². The number of benzene rings is 2. The molecule has 4 atom stereocenters. The predicted molar refractivity (Wildman–Crippen MR) is 124 cm³/mol. The van der Waals surface area contributed by atoms with E-state index in [1.54, 1.807) is 67.6 Å². The van der Waals surface area contributed by atoms with Crippen molar-refractivity contribution in [2.45, 2.75) is 48.2 Å². The molecule has 1 saturated heterocycles. The van der Waals surface area contributed by atoms with Gasteiger partial charge in [-0.1, -0.05) is 71.2 Å². The van der Waals surface area contributed by atoms with Gasteiger partial charge in [0.15, 0.2) is 6.10 Å². The third-order valence-electron chi connectivity index (χ3n) is 4.94. The van der Waals surface area contributed by atoms with Crippen molar-refractivity contribution in [3.05, 3.63) is 71.8 Å². The molecular weight excluding hydrogens is 493 g/mol. The second-order valence-electron chi connectivity index (χ2n) is 7.35. The highest BCUT2D eigenvalue weighted by Crippen LogP contribution is 2.32. The highest BCUT2D eigenvalue weighted by molar-refractivity contribution is 6.76. The molecule has 0 amide bonds. The van der Waals surface area contributed by atoms with E-state index in [-0.39, 0.29) is 6.42 Å². The van der Waals surface area contributed by atoms with Gasteiger partial charge in [-0.3, -0.25) is 5.41 Å². The minimum absolute atomic E-state index is 0.216. The Morgan fingerprint density at radius 1 is 0.848 bits per heavy atom.